The monoisotopic (exact) mass is 436 g/mol. The fourth-order valence-corrected chi connectivity index (χ4v) is 5.10. The maximum absolute atomic E-state index is 13.2. The van der Waals surface area contributed by atoms with Crippen molar-refractivity contribution in [2.24, 2.45) is 5.41 Å². The Balaban J connectivity index is 1.56. The highest BCUT2D eigenvalue weighted by atomic mass is 32.1. The summed E-state index contributed by atoms with van der Waals surface area (Å²) in [7, 11) is 0. The summed E-state index contributed by atoms with van der Waals surface area (Å²) in [5.74, 6) is 0.0543. The van der Waals surface area contributed by atoms with E-state index in [2.05, 4.69) is 46.0 Å². The number of nitrogens with zero attached hydrogens (tertiary/aromatic N) is 3. The van der Waals surface area contributed by atoms with Gasteiger partial charge in [0.25, 0.3) is 0 Å². The minimum Gasteiger partial charge on any atom is -0.356 e. The Morgan fingerprint density at radius 1 is 1.29 bits per heavy atom. The lowest BCUT2D eigenvalue weighted by atomic mass is 9.79. The molecule has 7 heteroatoms. The molecule has 1 saturated heterocycles. The largest absolute Gasteiger partial charge is 0.356 e. The summed E-state index contributed by atoms with van der Waals surface area (Å²) in [5.41, 5.74) is 1.67. The van der Waals surface area contributed by atoms with Gasteiger partial charge in [-0.3, -0.25) is 9.59 Å². The summed E-state index contributed by atoms with van der Waals surface area (Å²) in [4.78, 5) is 33.4. The molecule has 0 saturated carbocycles. The van der Waals surface area contributed by atoms with Crippen molar-refractivity contribution in [1.82, 2.24) is 19.8 Å². The van der Waals surface area contributed by atoms with E-state index >= 15 is 0 Å². The molecule has 3 aromatic rings. The summed E-state index contributed by atoms with van der Waals surface area (Å²) in [6.45, 7) is 5.40. The zero-order valence-corrected chi connectivity index (χ0v) is 18.8. The Hall–Kier alpha value is -2.93. The summed E-state index contributed by atoms with van der Waals surface area (Å²) in [5, 5.41) is 5.09. The van der Waals surface area contributed by atoms with Crippen molar-refractivity contribution < 1.29 is 9.59 Å². The maximum atomic E-state index is 13.2. The van der Waals surface area contributed by atoms with Crippen molar-refractivity contribution in [3.8, 4) is 10.4 Å². The van der Waals surface area contributed by atoms with E-state index in [1.165, 1.54) is 10.4 Å². The molecule has 1 fully saturated rings. The van der Waals surface area contributed by atoms with Crippen molar-refractivity contribution in [2.75, 3.05) is 19.6 Å². The van der Waals surface area contributed by atoms with Crippen molar-refractivity contribution in [2.45, 2.75) is 32.7 Å². The Morgan fingerprint density at radius 3 is 2.87 bits per heavy atom. The molecule has 1 aromatic carbocycles. The smallest absolute Gasteiger partial charge is 0.245 e. The lowest BCUT2D eigenvalue weighted by molar-refractivity contribution is -0.135. The Labute approximate surface area is 186 Å². The van der Waals surface area contributed by atoms with Gasteiger partial charge in [-0.1, -0.05) is 30.3 Å². The van der Waals surface area contributed by atoms with Crippen LogP contribution in [0.3, 0.4) is 0 Å². The van der Waals surface area contributed by atoms with Gasteiger partial charge in [0.1, 0.15) is 6.04 Å². The second kappa shape index (κ2) is 9.06. The Kier molecular flexibility index (Phi) is 6.23. The van der Waals surface area contributed by atoms with Gasteiger partial charge in [0.05, 0.1) is 11.7 Å². The Bertz CT molecular complexity index is 1030. The second-order valence-corrected chi connectivity index (χ2v) is 9.14. The van der Waals surface area contributed by atoms with Crippen molar-refractivity contribution in [3.63, 3.8) is 0 Å². The van der Waals surface area contributed by atoms with Gasteiger partial charge < -0.3 is 14.8 Å². The first kappa shape index (κ1) is 21.3. The van der Waals surface area contributed by atoms with Crippen LogP contribution >= 0.6 is 11.3 Å². The highest BCUT2D eigenvalue weighted by Gasteiger charge is 2.46. The minimum absolute atomic E-state index is 0.0245. The highest BCUT2D eigenvalue weighted by Crippen LogP contribution is 2.37. The van der Waals surface area contributed by atoms with Gasteiger partial charge in [-0.2, -0.15) is 0 Å². The lowest BCUT2D eigenvalue weighted by Gasteiger charge is -2.29. The van der Waals surface area contributed by atoms with E-state index in [0.717, 1.165) is 5.56 Å². The lowest BCUT2D eigenvalue weighted by Crippen LogP contribution is -2.45. The van der Waals surface area contributed by atoms with Crippen LogP contribution in [0.5, 0.6) is 0 Å². The van der Waals surface area contributed by atoms with Gasteiger partial charge in [0, 0.05) is 36.9 Å². The van der Waals surface area contributed by atoms with E-state index in [-0.39, 0.29) is 17.9 Å². The van der Waals surface area contributed by atoms with Crippen LogP contribution in [0.2, 0.25) is 0 Å². The third kappa shape index (κ3) is 4.42. The SMILES string of the molecule is CCNC(=O)C1(Cc2cccc(-c3cccs3)c2)CCN(C(=O)C(C)n2ccnc2)C1. The molecule has 1 N–H and O–H groups in total. The average molecular weight is 437 g/mol. The van der Waals surface area contributed by atoms with E-state index in [4.69, 9.17) is 0 Å². The molecule has 2 amide bonds. The van der Waals surface area contributed by atoms with E-state index in [9.17, 15) is 9.59 Å². The van der Waals surface area contributed by atoms with E-state index in [0.29, 0.717) is 32.5 Å². The number of thiophene rings is 1. The highest BCUT2D eigenvalue weighted by molar-refractivity contribution is 7.13. The van der Waals surface area contributed by atoms with Gasteiger partial charge in [-0.25, -0.2) is 4.98 Å². The molecule has 2 aromatic heterocycles. The van der Waals surface area contributed by atoms with Crippen LogP contribution in [0.1, 0.15) is 31.9 Å². The van der Waals surface area contributed by atoms with Crippen LogP contribution < -0.4 is 5.32 Å². The van der Waals surface area contributed by atoms with Crippen LogP contribution in [0.4, 0.5) is 0 Å². The van der Waals surface area contributed by atoms with Crippen LogP contribution in [-0.4, -0.2) is 45.9 Å². The van der Waals surface area contributed by atoms with Crippen LogP contribution in [0, 0.1) is 5.41 Å². The number of hydrogen-bond acceptors (Lipinski definition) is 4. The number of carbonyl (C=O) groups is 2. The fourth-order valence-electron chi connectivity index (χ4n) is 4.38. The second-order valence-electron chi connectivity index (χ2n) is 8.19. The van der Waals surface area contributed by atoms with Gasteiger partial charge in [0.2, 0.25) is 11.8 Å². The number of hydrogen-bond donors (Lipinski definition) is 1. The molecule has 2 atom stereocenters. The van der Waals surface area contributed by atoms with E-state index in [1.807, 2.05) is 24.8 Å². The van der Waals surface area contributed by atoms with Crippen LogP contribution in [0.25, 0.3) is 10.4 Å². The molecule has 2 unspecified atom stereocenters. The molecule has 0 spiro atoms. The molecular formula is C24H28N4O2S. The summed E-state index contributed by atoms with van der Waals surface area (Å²) >= 11 is 1.71. The number of benzene rings is 1. The van der Waals surface area contributed by atoms with Crippen molar-refractivity contribution in [1.29, 1.82) is 0 Å². The van der Waals surface area contributed by atoms with Gasteiger partial charge in [0.15, 0.2) is 0 Å². The van der Waals surface area contributed by atoms with Gasteiger partial charge >= 0.3 is 0 Å². The van der Waals surface area contributed by atoms with Crippen LogP contribution in [0.15, 0.2) is 60.5 Å². The molecule has 0 aliphatic carbocycles. The van der Waals surface area contributed by atoms with Crippen LogP contribution in [-0.2, 0) is 16.0 Å². The molecule has 162 valence electrons. The number of imidazole rings is 1. The zero-order chi connectivity index (χ0) is 21.8. The quantitative estimate of drug-likeness (QED) is 0.613. The number of amides is 2. The molecule has 4 rings (SSSR count). The first-order chi connectivity index (χ1) is 15.0. The zero-order valence-electron chi connectivity index (χ0n) is 18.0. The number of rotatable bonds is 7. The standard InChI is InChI=1S/C24H28N4O2S/c1-3-26-23(30)24(15-19-6-4-7-20(14-19)21-8-5-13-31-21)9-11-27(16-24)22(29)18(2)28-12-10-25-17-28/h4-8,10,12-14,17-18H,3,9,11,15-16H2,1-2H3,(H,26,30). The first-order valence-electron chi connectivity index (χ1n) is 10.7. The predicted octanol–water partition coefficient (Wildman–Crippen LogP) is 3.77. The third-order valence-corrected chi connectivity index (χ3v) is 7.01. The van der Waals surface area contributed by atoms with Crippen molar-refractivity contribution in [3.05, 3.63) is 66.1 Å². The molecule has 6 nitrogen and oxygen atoms in total. The Morgan fingerprint density at radius 2 is 2.16 bits per heavy atom. The molecular weight excluding hydrogens is 408 g/mol. The maximum Gasteiger partial charge on any atom is 0.245 e. The topological polar surface area (TPSA) is 67.2 Å². The molecule has 0 bridgehead atoms. The first-order valence-corrected chi connectivity index (χ1v) is 11.6. The van der Waals surface area contributed by atoms with Gasteiger partial charge in [-0.15, -0.1) is 11.3 Å². The summed E-state index contributed by atoms with van der Waals surface area (Å²) < 4.78 is 1.80. The average Bonchev–Trinajstić information content (AvgIpc) is 3.55. The van der Waals surface area contributed by atoms with Gasteiger partial charge in [-0.05, 0) is 49.3 Å². The molecule has 3 heterocycles. The fraction of sp³-hybridized carbons (Fsp3) is 0.375. The molecule has 1 aliphatic rings. The normalized spacial score (nSPS) is 19.4. The number of aromatic nitrogens is 2. The van der Waals surface area contributed by atoms with E-state index in [1.54, 1.807) is 34.6 Å². The van der Waals surface area contributed by atoms with Crippen molar-refractivity contribution >= 4 is 23.2 Å². The minimum atomic E-state index is -0.617. The molecule has 0 radical (unpaired) electrons. The molecule has 31 heavy (non-hydrogen) atoms. The summed E-state index contributed by atoms with van der Waals surface area (Å²) in [6, 6.07) is 12.2. The van der Waals surface area contributed by atoms with E-state index < -0.39 is 5.41 Å². The molecule has 1 aliphatic heterocycles. The third-order valence-electron chi connectivity index (χ3n) is 6.09. The predicted molar refractivity (Wildman–Crippen MR) is 123 cm³/mol. The number of carbonyl (C=O) groups excluding carboxylic acids is 2. The number of nitrogens with one attached hydrogen (secondary N) is 1. The number of likely N-dealkylation sites (tertiary alicyclic amines) is 1. The summed E-state index contributed by atoms with van der Waals surface area (Å²) in [6.07, 6.45) is 6.40.